The minimum atomic E-state index is -4.33. The molecule has 1 aromatic rings. The molecule has 7 nitrogen and oxygen atoms in total. The number of rotatable bonds is 4. The number of hydrogen-bond donors (Lipinski definition) is 0. The predicted octanol–water partition coefficient (Wildman–Crippen LogP) is 4.14. The zero-order valence-corrected chi connectivity index (χ0v) is 17.1. The number of aromatic nitrogens is 2. The van der Waals surface area contributed by atoms with Crippen LogP contribution >= 0.6 is 0 Å². The van der Waals surface area contributed by atoms with Crippen LogP contribution in [0.25, 0.3) is 0 Å². The van der Waals surface area contributed by atoms with Crippen LogP contribution in [0, 0.1) is 0 Å². The Morgan fingerprint density at radius 3 is 2.36 bits per heavy atom. The molecule has 0 aliphatic carbocycles. The van der Waals surface area contributed by atoms with E-state index in [1.807, 2.05) is 13.8 Å². The molecule has 1 amide bonds. The molecule has 1 aliphatic heterocycles. The lowest BCUT2D eigenvalue weighted by molar-refractivity contribution is -0.139. The van der Waals surface area contributed by atoms with Crippen molar-refractivity contribution in [2.24, 2.45) is 0 Å². The van der Waals surface area contributed by atoms with Gasteiger partial charge in [-0.3, -0.25) is 0 Å². The maximum atomic E-state index is 12.2. The summed E-state index contributed by atoms with van der Waals surface area (Å²) in [4.78, 5) is 21.8. The third kappa shape index (κ3) is 7.40. The van der Waals surface area contributed by atoms with Crippen molar-refractivity contribution in [1.29, 1.82) is 0 Å². The first-order valence-electron chi connectivity index (χ1n) is 9.10. The fourth-order valence-corrected chi connectivity index (χ4v) is 2.35. The van der Waals surface area contributed by atoms with Gasteiger partial charge < -0.3 is 19.1 Å². The highest BCUT2D eigenvalue weighted by Gasteiger charge is 2.30. The molecule has 0 unspecified atom stereocenters. The zero-order valence-electron chi connectivity index (χ0n) is 17.1. The number of ether oxygens (including phenoxy) is 3. The van der Waals surface area contributed by atoms with Crippen molar-refractivity contribution < 1.29 is 32.2 Å². The van der Waals surface area contributed by atoms with Gasteiger partial charge in [0.25, 0.3) is 0 Å². The highest BCUT2D eigenvalue weighted by Crippen LogP contribution is 2.28. The highest BCUT2D eigenvalue weighted by molar-refractivity contribution is 5.68. The zero-order chi connectivity index (χ0) is 21.5. The number of methoxy groups -OCH3 is 1. The number of hydrogen-bond acceptors (Lipinski definition) is 6. The highest BCUT2D eigenvalue weighted by atomic mass is 19.4. The van der Waals surface area contributed by atoms with Gasteiger partial charge in [0.05, 0.1) is 25.8 Å². The molecule has 0 fully saturated rings. The largest absolute Gasteiger partial charge is 0.481 e. The van der Waals surface area contributed by atoms with Gasteiger partial charge >= 0.3 is 18.3 Å². The fourth-order valence-electron chi connectivity index (χ4n) is 2.35. The van der Waals surface area contributed by atoms with Gasteiger partial charge in [0.15, 0.2) is 0 Å². The Labute approximate surface area is 163 Å². The van der Waals surface area contributed by atoms with Crippen LogP contribution in [0.4, 0.5) is 18.0 Å². The van der Waals surface area contributed by atoms with Gasteiger partial charge in [-0.15, -0.1) is 0 Å². The van der Waals surface area contributed by atoms with E-state index in [9.17, 15) is 18.0 Å². The van der Waals surface area contributed by atoms with Gasteiger partial charge in [0.2, 0.25) is 5.88 Å². The van der Waals surface area contributed by atoms with Crippen LogP contribution in [0.1, 0.15) is 52.3 Å². The van der Waals surface area contributed by atoms with Crippen LogP contribution in [-0.4, -0.2) is 53.0 Å². The Bertz CT molecular complexity index is 661. The Morgan fingerprint density at radius 2 is 1.82 bits per heavy atom. The lowest BCUT2D eigenvalue weighted by Crippen LogP contribution is -2.40. The molecule has 0 N–H and O–H groups in total. The molecular formula is C18H28F3N3O4. The molecule has 0 saturated heterocycles. The van der Waals surface area contributed by atoms with Gasteiger partial charge in [0, 0.05) is 12.1 Å². The molecule has 0 spiro atoms. The first kappa shape index (κ1) is 23.8. The summed E-state index contributed by atoms with van der Waals surface area (Å²) in [5, 5.41) is 0. The summed E-state index contributed by atoms with van der Waals surface area (Å²) < 4.78 is 52.3. The summed E-state index contributed by atoms with van der Waals surface area (Å²) in [5.74, 6) is 0.237. The molecule has 10 heteroatoms. The van der Waals surface area contributed by atoms with Crippen molar-refractivity contribution in [1.82, 2.24) is 14.9 Å². The van der Waals surface area contributed by atoms with Crippen LogP contribution in [0.15, 0.2) is 0 Å². The number of halogens is 3. The number of carbonyl (C=O) groups is 1. The Morgan fingerprint density at radius 1 is 1.18 bits per heavy atom. The topological polar surface area (TPSA) is 73.8 Å². The average Bonchev–Trinajstić information content (AvgIpc) is 2.59. The molecule has 1 aliphatic rings. The van der Waals surface area contributed by atoms with Crippen LogP contribution in [0.2, 0.25) is 0 Å². The maximum Gasteiger partial charge on any atom is 0.410 e. The number of alkyl halides is 3. The molecule has 28 heavy (non-hydrogen) atoms. The van der Waals surface area contributed by atoms with E-state index in [0.717, 1.165) is 0 Å². The van der Waals surface area contributed by atoms with Gasteiger partial charge in [-0.05, 0) is 27.2 Å². The number of amides is 1. The standard InChI is InChI=1S/C16H22F3N3O4.C2H6/c1-15(2,3)26-14(23)22-7-5-10-11(9-22)20-13(21-12(10)24-4)25-8-6-16(17,18)19;1-2/h5-9H2,1-4H3;1-2H3. The van der Waals surface area contributed by atoms with E-state index in [1.165, 1.54) is 12.0 Å². The van der Waals surface area contributed by atoms with Crippen molar-refractivity contribution in [3.63, 3.8) is 0 Å². The molecule has 1 aromatic heterocycles. The predicted molar refractivity (Wildman–Crippen MR) is 96.4 cm³/mol. The summed E-state index contributed by atoms with van der Waals surface area (Å²) in [6, 6.07) is -0.212. The summed E-state index contributed by atoms with van der Waals surface area (Å²) >= 11 is 0. The second-order valence-electron chi connectivity index (χ2n) is 6.81. The number of nitrogens with zero attached hydrogens (tertiary/aromatic N) is 3. The molecular weight excluding hydrogens is 379 g/mol. The van der Waals surface area contributed by atoms with Crippen LogP contribution < -0.4 is 9.47 Å². The summed E-state index contributed by atoms with van der Waals surface area (Å²) in [6.07, 6.45) is -5.48. The van der Waals surface area contributed by atoms with Crippen LogP contribution in [-0.2, 0) is 17.7 Å². The van der Waals surface area contributed by atoms with E-state index in [2.05, 4.69) is 9.97 Å². The lowest BCUT2D eigenvalue weighted by Gasteiger charge is -2.31. The summed E-state index contributed by atoms with van der Waals surface area (Å²) in [5.41, 5.74) is 0.540. The van der Waals surface area contributed by atoms with E-state index in [4.69, 9.17) is 14.2 Å². The van der Waals surface area contributed by atoms with E-state index < -0.39 is 30.9 Å². The minimum absolute atomic E-state index is 0.138. The first-order chi connectivity index (χ1) is 13.0. The summed E-state index contributed by atoms with van der Waals surface area (Å²) in [6.45, 7) is 9.23. The van der Waals surface area contributed by atoms with E-state index >= 15 is 0 Å². The van der Waals surface area contributed by atoms with Gasteiger partial charge in [0.1, 0.15) is 12.2 Å². The normalized spacial score (nSPS) is 13.8. The number of fused-ring (bicyclic) bond motifs is 1. The van der Waals surface area contributed by atoms with Crippen LogP contribution in [0.3, 0.4) is 0 Å². The van der Waals surface area contributed by atoms with Gasteiger partial charge in [-0.1, -0.05) is 13.8 Å². The molecule has 0 saturated carbocycles. The summed E-state index contributed by atoms with van der Waals surface area (Å²) in [7, 11) is 1.41. The molecule has 160 valence electrons. The third-order valence-electron chi connectivity index (χ3n) is 3.47. The number of carbonyl (C=O) groups excluding carboxylic acids is 1. The Kier molecular flexibility index (Phi) is 8.31. The molecule has 0 atom stereocenters. The minimum Gasteiger partial charge on any atom is -0.481 e. The average molecular weight is 407 g/mol. The van der Waals surface area contributed by atoms with Crippen molar-refractivity contribution in [2.45, 2.75) is 65.8 Å². The second-order valence-corrected chi connectivity index (χ2v) is 6.81. The molecule has 0 radical (unpaired) electrons. The fraction of sp³-hybridized carbons (Fsp3) is 0.722. The Balaban J connectivity index is 0.00000190. The lowest BCUT2D eigenvalue weighted by atomic mass is 10.1. The van der Waals surface area contributed by atoms with Crippen LogP contribution in [0.5, 0.6) is 11.9 Å². The quantitative estimate of drug-likeness (QED) is 0.747. The maximum absolute atomic E-state index is 12.2. The smallest absolute Gasteiger partial charge is 0.410 e. The van der Waals surface area contributed by atoms with Gasteiger partial charge in [-0.25, -0.2) is 4.79 Å². The first-order valence-corrected chi connectivity index (χ1v) is 9.10. The van der Waals surface area contributed by atoms with E-state index in [-0.39, 0.29) is 18.4 Å². The molecule has 2 rings (SSSR count). The molecule has 0 bridgehead atoms. The van der Waals surface area contributed by atoms with Gasteiger partial charge in [-0.2, -0.15) is 23.1 Å². The third-order valence-corrected chi connectivity index (χ3v) is 3.47. The second kappa shape index (κ2) is 9.79. The van der Waals surface area contributed by atoms with Crippen molar-refractivity contribution in [3.8, 4) is 11.9 Å². The SMILES string of the molecule is CC.COc1nc(OCCC(F)(F)F)nc2c1CCN(C(=O)OC(C)(C)C)C2. The van der Waals surface area contributed by atoms with Crippen molar-refractivity contribution >= 4 is 6.09 Å². The van der Waals surface area contributed by atoms with E-state index in [1.54, 1.807) is 20.8 Å². The molecule has 0 aromatic carbocycles. The van der Waals surface area contributed by atoms with Crippen molar-refractivity contribution in [3.05, 3.63) is 11.3 Å². The monoisotopic (exact) mass is 407 g/mol. The Hall–Kier alpha value is -2.26. The van der Waals surface area contributed by atoms with E-state index in [0.29, 0.717) is 24.2 Å². The molecule has 2 heterocycles. The van der Waals surface area contributed by atoms with Crippen molar-refractivity contribution in [2.75, 3.05) is 20.3 Å².